The summed E-state index contributed by atoms with van der Waals surface area (Å²) in [5, 5.41) is 8.62. The van der Waals surface area contributed by atoms with E-state index in [1.54, 1.807) is 0 Å². The molecule has 2 heterocycles. The van der Waals surface area contributed by atoms with Crippen LogP contribution in [0.2, 0.25) is 5.02 Å². The second-order valence-corrected chi connectivity index (χ2v) is 5.29. The first-order chi connectivity index (χ1) is 9.74. The minimum atomic E-state index is 0.269. The largest absolute Gasteiger partial charge is 0.306 e. The smallest absolute Gasteiger partial charge is 0.0706 e. The number of fused-ring (bicyclic) bond motifs is 1. The van der Waals surface area contributed by atoms with Crippen molar-refractivity contribution in [3.05, 3.63) is 71.0 Å². The molecule has 1 N–H and O–H groups in total. The van der Waals surface area contributed by atoms with Gasteiger partial charge in [-0.2, -0.15) is 5.10 Å². The van der Waals surface area contributed by atoms with Crippen LogP contribution in [-0.4, -0.2) is 9.61 Å². The summed E-state index contributed by atoms with van der Waals surface area (Å²) in [6.45, 7) is 2.94. The Labute approximate surface area is 123 Å². The third kappa shape index (κ3) is 2.69. The molecule has 2 aromatic heterocycles. The van der Waals surface area contributed by atoms with E-state index in [9.17, 15) is 0 Å². The molecule has 0 amide bonds. The molecular formula is C16H16ClN3. The highest BCUT2D eigenvalue weighted by molar-refractivity contribution is 6.30. The second kappa shape index (κ2) is 5.65. The van der Waals surface area contributed by atoms with Gasteiger partial charge >= 0.3 is 0 Å². The first-order valence-electron chi connectivity index (χ1n) is 6.64. The molecule has 4 heteroatoms. The highest BCUT2D eigenvalue weighted by atomic mass is 35.5. The van der Waals surface area contributed by atoms with E-state index in [2.05, 4.69) is 35.5 Å². The quantitative estimate of drug-likeness (QED) is 0.789. The maximum absolute atomic E-state index is 5.91. The summed E-state index contributed by atoms with van der Waals surface area (Å²) >= 11 is 5.91. The zero-order valence-electron chi connectivity index (χ0n) is 11.3. The van der Waals surface area contributed by atoms with Gasteiger partial charge in [-0.1, -0.05) is 29.8 Å². The van der Waals surface area contributed by atoms with Gasteiger partial charge in [0, 0.05) is 29.4 Å². The molecule has 0 aliphatic heterocycles. The maximum atomic E-state index is 5.91. The van der Waals surface area contributed by atoms with Crippen LogP contribution in [0.25, 0.3) is 5.52 Å². The van der Waals surface area contributed by atoms with Crippen LogP contribution in [0.1, 0.15) is 24.1 Å². The van der Waals surface area contributed by atoms with Gasteiger partial charge in [-0.25, -0.2) is 4.52 Å². The number of halogens is 1. The van der Waals surface area contributed by atoms with E-state index in [1.807, 2.05) is 41.2 Å². The molecule has 3 aromatic rings. The molecule has 0 spiro atoms. The summed E-state index contributed by atoms with van der Waals surface area (Å²) in [5.41, 5.74) is 3.57. The number of nitrogens with one attached hydrogen (secondary N) is 1. The molecule has 0 aliphatic carbocycles. The number of nitrogens with zero attached hydrogens (tertiary/aromatic N) is 2. The zero-order chi connectivity index (χ0) is 13.9. The van der Waals surface area contributed by atoms with Crippen LogP contribution in [0, 0.1) is 0 Å². The van der Waals surface area contributed by atoms with Gasteiger partial charge < -0.3 is 5.32 Å². The minimum Gasteiger partial charge on any atom is -0.306 e. The van der Waals surface area contributed by atoms with Crippen LogP contribution in [0.5, 0.6) is 0 Å². The summed E-state index contributed by atoms with van der Waals surface area (Å²) in [4.78, 5) is 0. The normalized spacial score (nSPS) is 12.7. The fourth-order valence-electron chi connectivity index (χ4n) is 2.26. The Morgan fingerprint density at radius 2 is 2.00 bits per heavy atom. The number of hydrogen-bond donors (Lipinski definition) is 1. The number of benzene rings is 1. The molecule has 20 heavy (non-hydrogen) atoms. The molecule has 3 nitrogen and oxygen atoms in total. The fourth-order valence-corrected chi connectivity index (χ4v) is 2.38. The highest BCUT2D eigenvalue weighted by Gasteiger charge is 2.07. The lowest BCUT2D eigenvalue weighted by molar-refractivity contribution is 0.576. The summed E-state index contributed by atoms with van der Waals surface area (Å²) in [7, 11) is 0. The molecule has 0 fully saturated rings. The van der Waals surface area contributed by atoms with Crippen molar-refractivity contribution < 1.29 is 0 Å². The van der Waals surface area contributed by atoms with Crippen molar-refractivity contribution in [2.45, 2.75) is 19.5 Å². The Balaban J connectivity index is 1.71. The van der Waals surface area contributed by atoms with E-state index in [0.717, 1.165) is 17.1 Å². The van der Waals surface area contributed by atoms with Gasteiger partial charge in [0.25, 0.3) is 0 Å². The summed E-state index contributed by atoms with van der Waals surface area (Å²) in [6.07, 6.45) is 3.87. The Kier molecular flexibility index (Phi) is 3.72. The van der Waals surface area contributed by atoms with Crippen molar-refractivity contribution in [2.75, 3.05) is 0 Å². The van der Waals surface area contributed by atoms with Crippen molar-refractivity contribution in [1.29, 1.82) is 0 Å². The number of hydrogen-bond acceptors (Lipinski definition) is 2. The van der Waals surface area contributed by atoms with Gasteiger partial charge in [0.05, 0.1) is 11.7 Å². The van der Waals surface area contributed by atoms with Crippen LogP contribution >= 0.6 is 11.6 Å². The summed E-state index contributed by atoms with van der Waals surface area (Å²) < 4.78 is 1.89. The molecule has 0 bridgehead atoms. The van der Waals surface area contributed by atoms with E-state index >= 15 is 0 Å². The molecule has 3 rings (SSSR count). The zero-order valence-corrected chi connectivity index (χ0v) is 12.0. The molecule has 0 saturated heterocycles. The maximum Gasteiger partial charge on any atom is 0.0706 e. The average molecular weight is 286 g/mol. The van der Waals surface area contributed by atoms with Crippen LogP contribution in [0.4, 0.5) is 0 Å². The Bertz CT molecular complexity index is 703. The predicted octanol–water partition coefficient (Wildman–Crippen LogP) is 3.84. The van der Waals surface area contributed by atoms with Gasteiger partial charge in [0.2, 0.25) is 0 Å². The Morgan fingerprint density at radius 3 is 2.80 bits per heavy atom. The first-order valence-corrected chi connectivity index (χ1v) is 7.02. The van der Waals surface area contributed by atoms with Gasteiger partial charge in [-0.15, -0.1) is 0 Å². The third-order valence-electron chi connectivity index (χ3n) is 3.47. The lowest BCUT2D eigenvalue weighted by atomic mass is 10.1. The second-order valence-electron chi connectivity index (χ2n) is 4.85. The van der Waals surface area contributed by atoms with E-state index in [-0.39, 0.29) is 6.04 Å². The molecule has 0 radical (unpaired) electrons. The van der Waals surface area contributed by atoms with Gasteiger partial charge in [0.15, 0.2) is 0 Å². The third-order valence-corrected chi connectivity index (χ3v) is 3.73. The molecular weight excluding hydrogens is 270 g/mol. The molecule has 0 saturated carbocycles. The lowest BCUT2D eigenvalue weighted by Gasteiger charge is -2.13. The summed E-state index contributed by atoms with van der Waals surface area (Å²) in [6, 6.07) is 14.3. The van der Waals surface area contributed by atoms with Crippen LogP contribution in [0.3, 0.4) is 0 Å². The van der Waals surface area contributed by atoms with Crippen molar-refractivity contribution in [2.24, 2.45) is 0 Å². The predicted molar refractivity (Wildman–Crippen MR) is 81.9 cm³/mol. The van der Waals surface area contributed by atoms with E-state index in [0.29, 0.717) is 0 Å². The van der Waals surface area contributed by atoms with E-state index in [4.69, 9.17) is 11.6 Å². The molecule has 1 atom stereocenters. The number of pyridine rings is 1. The first kappa shape index (κ1) is 13.2. The lowest BCUT2D eigenvalue weighted by Crippen LogP contribution is -2.17. The van der Waals surface area contributed by atoms with Crippen molar-refractivity contribution in [3.8, 4) is 0 Å². The average Bonchev–Trinajstić information content (AvgIpc) is 2.89. The van der Waals surface area contributed by atoms with Gasteiger partial charge in [0.1, 0.15) is 0 Å². The standard InChI is InChI=1S/C16H16ClN3/c1-12(13-5-7-15(17)8-6-13)18-10-14-11-19-20-9-3-2-4-16(14)20/h2-9,11-12,18H,10H2,1H3. The fraction of sp³-hybridized carbons (Fsp3) is 0.188. The van der Waals surface area contributed by atoms with Gasteiger partial charge in [-0.05, 0) is 36.8 Å². The van der Waals surface area contributed by atoms with Crippen molar-refractivity contribution in [3.63, 3.8) is 0 Å². The van der Waals surface area contributed by atoms with Crippen LogP contribution in [-0.2, 0) is 6.54 Å². The number of aromatic nitrogens is 2. The van der Waals surface area contributed by atoms with Gasteiger partial charge in [-0.3, -0.25) is 0 Å². The molecule has 102 valence electrons. The summed E-state index contributed by atoms with van der Waals surface area (Å²) in [5.74, 6) is 0. The monoisotopic (exact) mass is 285 g/mol. The minimum absolute atomic E-state index is 0.269. The Hall–Kier alpha value is -1.84. The topological polar surface area (TPSA) is 29.3 Å². The van der Waals surface area contributed by atoms with E-state index < -0.39 is 0 Å². The van der Waals surface area contributed by atoms with Crippen molar-refractivity contribution in [1.82, 2.24) is 14.9 Å². The van der Waals surface area contributed by atoms with Crippen LogP contribution < -0.4 is 5.32 Å². The van der Waals surface area contributed by atoms with E-state index in [1.165, 1.54) is 11.1 Å². The van der Waals surface area contributed by atoms with Crippen LogP contribution in [0.15, 0.2) is 54.9 Å². The highest BCUT2D eigenvalue weighted by Crippen LogP contribution is 2.17. The molecule has 0 aliphatic rings. The van der Waals surface area contributed by atoms with Crippen molar-refractivity contribution >= 4 is 17.1 Å². The Morgan fingerprint density at radius 1 is 1.20 bits per heavy atom. The molecule has 1 unspecified atom stereocenters. The SMILES string of the molecule is CC(NCc1cnn2ccccc12)c1ccc(Cl)cc1. The number of rotatable bonds is 4. The molecule has 1 aromatic carbocycles.